The molecule has 0 unspecified atom stereocenters. The Hall–Kier alpha value is -1.17. The van der Waals surface area contributed by atoms with Crippen LogP contribution in [0.15, 0.2) is 36.9 Å². The summed E-state index contributed by atoms with van der Waals surface area (Å²) in [7, 11) is 0. The number of halogens is 1. The lowest BCUT2D eigenvalue weighted by molar-refractivity contribution is 1.26. The Labute approximate surface area is 109 Å². The molecule has 0 saturated carbocycles. The molecule has 84 valence electrons. The van der Waals surface area contributed by atoms with Crippen molar-refractivity contribution in [2.45, 2.75) is 13.8 Å². The molecule has 2 aromatic rings. The summed E-state index contributed by atoms with van der Waals surface area (Å²) in [5.41, 5.74) is 8.59. The minimum Gasteiger partial charge on any atom is -0.397 e. The first-order valence-corrected chi connectivity index (χ1v) is 5.91. The Morgan fingerprint density at radius 2 is 1.56 bits per heavy atom. The predicted molar refractivity (Wildman–Crippen MR) is 75.1 cm³/mol. The molecule has 0 aliphatic carbocycles. The van der Waals surface area contributed by atoms with Gasteiger partial charge in [-0.25, -0.2) is 0 Å². The van der Waals surface area contributed by atoms with Crippen molar-refractivity contribution in [1.82, 2.24) is 9.97 Å². The number of hydrogen-bond donors (Lipinski definition) is 1. The average Bonchev–Trinajstić information content (AvgIpc) is 2.28. The molecule has 0 atom stereocenters. The maximum atomic E-state index is 5.46. The van der Waals surface area contributed by atoms with Gasteiger partial charge in [-0.05, 0) is 59.7 Å². The average molecular weight is 327 g/mol. The second-order valence-corrected chi connectivity index (χ2v) is 4.52. The van der Waals surface area contributed by atoms with Gasteiger partial charge in [0.05, 0.1) is 5.69 Å². The minimum absolute atomic E-state index is 0.757. The SMILES string of the molecule is Cc1ccncc1I.Cc1ccncc1N. The van der Waals surface area contributed by atoms with Gasteiger partial charge < -0.3 is 5.73 Å². The van der Waals surface area contributed by atoms with Gasteiger partial charge in [0.25, 0.3) is 0 Å². The van der Waals surface area contributed by atoms with Gasteiger partial charge in [-0.15, -0.1) is 0 Å². The van der Waals surface area contributed by atoms with Gasteiger partial charge in [-0.1, -0.05) is 0 Å². The van der Waals surface area contributed by atoms with Crippen molar-refractivity contribution in [2.24, 2.45) is 0 Å². The zero-order chi connectivity index (χ0) is 12.0. The number of anilines is 1. The maximum Gasteiger partial charge on any atom is 0.0530 e. The molecule has 0 spiro atoms. The molecule has 16 heavy (non-hydrogen) atoms. The van der Waals surface area contributed by atoms with Crippen LogP contribution in [0.1, 0.15) is 11.1 Å². The molecule has 2 heterocycles. The van der Waals surface area contributed by atoms with Crippen LogP contribution in [-0.2, 0) is 0 Å². The summed E-state index contributed by atoms with van der Waals surface area (Å²) in [5.74, 6) is 0. The number of pyridine rings is 2. The highest BCUT2D eigenvalue weighted by Crippen LogP contribution is 2.06. The fraction of sp³-hybridized carbons (Fsp3) is 0.167. The molecule has 0 aromatic carbocycles. The Morgan fingerprint density at radius 1 is 1.00 bits per heavy atom. The molecule has 0 amide bonds. The van der Waals surface area contributed by atoms with E-state index in [0.717, 1.165) is 11.3 Å². The highest BCUT2D eigenvalue weighted by molar-refractivity contribution is 14.1. The highest BCUT2D eigenvalue weighted by atomic mass is 127. The molecular formula is C12H14IN3. The van der Waals surface area contributed by atoms with E-state index in [1.807, 2.05) is 25.3 Å². The largest absolute Gasteiger partial charge is 0.397 e. The first-order chi connectivity index (χ1) is 7.61. The summed E-state index contributed by atoms with van der Waals surface area (Å²) < 4.78 is 1.23. The molecule has 2 aromatic heterocycles. The van der Waals surface area contributed by atoms with E-state index < -0.39 is 0 Å². The van der Waals surface area contributed by atoms with Crippen molar-refractivity contribution >= 4 is 28.3 Å². The number of hydrogen-bond acceptors (Lipinski definition) is 3. The quantitative estimate of drug-likeness (QED) is 0.757. The van der Waals surface area contributed by atoms with Crippen LogP contribution in [0.2, 0.25) is 0 Å². The van der Waals surface area contributed by atoms with E-state index in [-0.39, 0.29) is 0 Å². The second-order valence-electron chi connectivity index (χ2n) is 3.36. The monoisotopic (exact) mass is 327 g/mol. The van der Waals surface area contributed by atoms with Crippen LogP contribution in [0.25, 0.3) is 0 Å². The van der Waals surface area contributed by atoms with E-state index >= 15 is 0 Å². The Balaban J connectivity index is 0.000000160. The summed E-state index contributed by atoms with van der Waals surface area (Å²) in [4.78, 5) is 7.76. The fourth-order valence-electron chi connectivity index (χ4n) is 0.921. The summed E-state index contributed by atoms with van der Waals surface area (Å²) >= 11 is 2.26. The van der Waals surface area contributed by atoms with Crippen molar-refractivity contribution in [3.63, 3.8) is 0 Å². The zero-order valence-electron chi connectivity index (χ0n) is 9.31. The van der Waals surface area contributed by atoms with Crippen LogP contribution >= 0.6 is 22.6 Å². The summed E-state index contributed by atoms with van der Waals surface area (Å²) in [6, 6.07) is 3.89. The topological polar surface area (TPSA) is 51.8 Å². The van der Waals surface area contributed by atoms with Crippen LogP contribution < -0.4 is 5.73 Å². The van der Waals surface area contributed by atoms with Crippen LogP contribution in [0, 0.1) is 17.4 Å². The van der Waals surface area contributed by atoms with E-state index in [4.69, 9.17) is 5.73 Å². The summed E-state index contributed by atoms with van der Waals surface area (Å²) in [6.07, 6.45) is 7.04. The van der Waals surface area contributed by atoms with E-state index in [1.165, 1.54) is 9.13 Å². The van der Waals surface area contributed by atoms with Crippen molar-refractivity contribution < 1.29 is 0 Å². The number of rotatable bonds is 0. The van der Waals surface area contributed by atoms with Gasteiger partial charge in [0, 0.05) is 28.4 Å². The van der Waals surface area contributed by atoms with E-state index in [0.29, 0.717) is 0 Å². The van der Waals surface area contributed by atoms with Crippen molar-refractivity contribution in [2.75, 3.05) is 5.73 Å². The molecule has 2 rings (SSSR count). The van der Waals surface area contributed by atoms with Gasteiger partial charge in [-0.3, -0.25) is 9.97 Å². The minimum atomic E-state index is 0.757. The number of nitrogen functional groups attached to an aromatic ring is 1. The van der Waals surface area contributed by atoms with Crippen LogP contribution in [0.4, 0.5) is 5.69 Å². The smallest absolute Gasteiger partial charge is 0.0530 e. The van der Waals surface area contributed by atoms with Gasteiger partial charge in [-0.2, -0.15) is 0 Å². The number of nitrogens with zero attached hydrogens (tertiary/aromatic N) is 2. The van der Waals surface area contributed by atoms with E-state index in [1.54, 1.807) is 18.6 Å². The van der Waals surface area contributed by atoms with Crippen molar-refractivity contribution in [3.8, 4) is 0 Å². The summed E-state index contributed by atoms with van der Waals surface area (Å²) in [5, 5.41) is 0. The van der Waals surface area contributed by atoms with Crippen LogP contribution in [-0.4, -0.2) is 9.97 Å². The predicted octanol–water partition coefficient (Wildman–Crippen LogP) is 2.97. The van der Waals surface area contributed by atoms with Gasteiger partial charge in [0.1, 0.15) is 0 Å². The molecule has 0 radical (unpaired) electrons. The van der Waals surface area contributed by atoms with E-state index in [9.17, 15) is 0 Å². The number of aromatic nitrogens is 2. The normalized spacial score (nSPS) is 9.19. The fourth-order valence-corrected chi connectivity index (χ4v) is 1.26. The number of aryl methyl sites for hydroxylation is 2. The first-order valence-electron chi connectivity index (χ1n) is 4.83. The van der Waals surface area contributed by atoms with E-state index in [2.05, 4.69) is 39.5 Å². The summed E-state index contributed by atoms with van der Waals surface area (Å²) in [6.45, 7) is 4.03. The standard InChI is InChI=1S/C6H6IN.C6H8N2/c2*1-5-2-3-8-4-6(5)7/h2-4H,1H3;2-4H,7H2,1H3. The van der Waals surface area contributed by atoms with Crippen LogP contribution in [0.5, 0.6) is 0 Å². The molecule has 0 bridgehead atoms. The Morgan fingerprint density at radius 3 is 1.88 bits per heavy atom. The molecule has 3 nitrogen and oxygen atoms in total. The molecular weight excluding hydrogens is 313 g/mol. The third-order valence-electron chi connectivity index (χ3n) is 2.05. The lowest BCUT2D eigenvalue weighted by Crippen LogP contribution is -1.88. The zero-order valence-corrected chi connectivity index (χ0v) is 11.5. The lowest BCUT2D eigenvalue weighted by Gasteiger charge is -1.92. The maximum absolute atomic E-state index is 5.46. The van der Waals surface area contributed by atoms with Gasteiger partial charge in [0.15, 0.2) is 0 Å². The molecule has 2 N–H and O–H groups in total. The van der Waals surface area contributed by atoms with Gasteiger partial charge in [0.2, 0.25) is 0 Å². The third-order valence-corrected chi connectivity index (χ3v) is 3.18. The molecule has 0 fully saturated rings. The number of nitrogens with two attached hydrogens (primary N) is 1. The van der Waals surface area contributed by atoms with Gasteiger partial charge >= 0.3 is 0 Å². The molecule has 0 saturated heterocycles. The lowest BCUT2D eigenvalue weighted by atomic mass is 10.3. The Kier molecular flexibility index (Phi) is 5.18. The first kappa shape index (κ1) is 12.9. The second kappa shape index (κ2) is 6.42. The van der Waals surface area contributed by atoms with Crippen molar-refractivity contribution in [3.05, 3.63) is 51.6 Å². The molecule has 0 aliphatic rings. The molecule has 4 heteroatoms. The Bertz CT molecular complexity index is 372. The highest BCUT2D eigenvalue weighted by Gasteiger charge is 1.87. The van der Waals surface area contributed by atoms with Crippen LogP contribution in [0.3, 0.4) is 0 Å². The van der Waals surface area contributed by atoms with Crippen molar-refractivity contribution in [1.29, 1.82) is 0 Å². The third kappa shape index (κ3) is 4.14. The molecule has 0 aliphatic heterocycles.